The minimum absolute atomic E-state index is 0.0279. The van der Waals surface area contributed by atoms with Gasteiger partial charge in [0.15, 0.2) is 0 Å². The van der Waals surface area contributed by atoms with Crippen molar-refractivity contribution >= 4 is 51.9 Å². The van der Waals surface area contributed by atoms with Crippen LogP contribution in [0.3, 0.4) is 0 Å². The van der Waals surface area contributed by atoms with E-state index in [1.165, 1.54) is 11.8 Å². The molecule has 5 heterocycles. The number of nitrogens with one attached hydrogen (secondary N) is 2. The predicted octanol–water partition coefficient (Wildman–Crippen LogP) is 3.27. The van der Waals surface area contributed by atoms with Crippen LogP contribution in [0.2, 0.25) is 0 Å². The van der Waals surface area contributed by atoms with Gasteiger partial charge >= 0.3 is 6.09 Å². The molecular formula is C26H28N6O4S. The van der Waals surface area contributed by atoms with Crippen molar-refractivity contribution in [3.8, 4) is 5.88 Å². The van der Waals surface area contributed by atoms with Crippen LogP contribution in [0, 0.1) is 0 Å². The van der Waals surface area contributed by atoms with Crippen LogP contribution in [-0.2, 0) is 9.53 Å². The number of ether oxygens (including phenoxy) is 2. The summed E-state index contributed by atoms with van der Waals surface area (Å²) in [5.74, 6) is 0.965. The number of pyridine rings is 2. The van der Waals surface area contributed by atoms with Crippen LogP contribution < -0.4 is 25.2 Å². The predicted molar refractivity (Wildman–Crippen MR) is 143 cm³/mol. The molecule has 6 rings (SSSR count). The van der Waals surface area contributed by atoms with E-state index < -0.39 is 0 Å². The van der Waals surface area contributed by atoms with Gasteiger partial charge in [0.05, 0.1) is 36.3 Å². The molecule has 0 bridgehead atoms. The van der Waals surface area contributed by atoms with Crippen molar-refractivity contribution in [1.29, 1.82) is 0 Å². The minimum atomic E-state index is -0.358. The van der Waals surface area contributed by atoms with Gasteiger partial charge in [0.2, 0.25) is 11.8 Å². The number of piperidine rings is 1. The highest BCUT2D eigenvalue weighted by atomic mass is 32.2. The van der Waals surface area contributed by atoms with Crippen LogP contribution in [-0.4, -0.2) is 73.2 Å². The van der Waals surface area contributed by atoms with Gasteiger partial charge in [0.1, 0.15) is 11.6 Å². The Balaban J connectivity index is 1.04. The standard InChI is InChI=1S/C26H28N6O4S/c1-35-24-5-3-19-25(30-24)21(6-9-27-19)31-10-7-16(8-11-31)28-13-18-14-32(26(34)36-18)17-2-4-22-20(12-17)29-23(33)15-37-22/h2-6,9,12,16,18,28H,7-8,10-11,13-15H2,1H3,(H,29,33). The third-order valence-electron chi connectivity index (χ3n) is 7.00. The molecule has 2 N–H and O–H groups in total. The lowest BCUT2D eigenvalue weighted by atomic mass is 10.0. The normalized spacial score (nSPS) is 20.1. The van der Waals surface area contributed by atoms with Crippen molar-refractivity contribution in [2.24, 2.45) is 0 Å². The van der Waals surface area contributed by atoms with Gasteiger partial charge in [0.25, 0.3) is 0 Å². The summed E-state index contributed by atoms with van der Waals surface area (Å²) in [4.78, 5) is 38.4. The highest BCUT2D eigenvalue weighted by Gasteiger charge is 2.33. The zero-order chi connectivity index (χ0) is 25.4. The van der Waals surface area contributed by atoms with Gasteiger partial charge in [-0.15, -0.1) is 11.8 Å². The first kappa shape index (κ1) is 23.8. The number of benzene rings is 1. The van der Waals surface area contributed by atoms with E-state index in [2.05, 4.69) is 25.5 Å². The SMILES string of the molecule is COc1ccc2nccc(N3CCC(NCC4CN(c5ccc6c(c5)NC(=O)CS6)C(=O)O4)CC3)c2n1. The summed E-state index contributed by atoms with van der Waals surface area (Å²) in [5.41, 5.74) is 4.26. The summed E-state index contributed by atoms with van der Waals surface area (Å²) in [7, 11) is 1.62. The summed E-state index contributed by atoms with van der Waals surface area (Å²) in [6.45, 7) is 2.86. The lowest BCUT2D eigenvalue weighted by Crippen LogP contribution is -2.45. The van der Waals surface area contributed by atoms with Gasteiger partial charge in [-0.25, -0.2) is 9.78 Å². The second-order valence-electron chi connectivity index (χ2n) is 9.35. The molecule has 37 heavy (non-hydrogen) atoms. The Kier molecular flexibility index (Phi) is 6.47. The Morgan fingerprint density at radius 3 is 2.89 bits per heavy atom. The van der Waals surface area contributed by atoms with Crippen LogP contribution in [0.5, 0.6) is 5.88 Å². The Morgan fingerprint density at radius 2 is 2.05 bits per heavy atom. The fourth-order valence-electron chi connectivity index (χ4n) is 5.06. The first-order valence-electron chi connectivity index (χ1n) is 12.4. The molecule has 10 nitrogen and oxygen atoms in total. The van der Waals surface area contributed by atoms with Gasteiger partial charge < -0.3 is 25.0 Å². The molecule has 192 valence electrons. The monoisotopic (exact) mass is 520 g/mol. The van der Waals surface area contributed by atoms with Crippen LogP contribution >= 0.6 is 11.8 Å². The second kappa shape index (κ2) is 10.1. The molecule has 11 heteroatoms. The number of cyclic esters (lactones) is 1. The van der Waals surface area contributed by atoms with E-state index in [1.807, 2.05) is 42.6 Å². The van der Waals surface area contributed by atoms with E-state index >= 15 is 0 Å². The lowest BCUT2D eigenvalue weighted by Gasteiger charge is -2.34. The number of thioether (sulfide) groups is 1. The fourth-order valence-corrected chi connectivity index (χ4v) is 5.85. The largest absolute Gasteiger partial charge is 0.481 e. The number of amides is 2. The quantitative estimate of drug-likeness (QED) is 0.506. The fraction of sp³-hybridized carbons (Fsp3) is 0.385. The lowest BCUT2D eigenvalue weighted by molar-refractivity contribution is -0.113. The number of rotatable bonds is 6. The average Bonchev–Trinajstić information content (AvgIpc) is 3.31. The average molecular weight is 521 g/mol. The molecule has 3 aliphatic rings. The number of anilines is 3. The summed E-state index contributed by atoms with van der Waals surface area (Å²) >= 11 is 1.50. The number of fused-ring (bicyclic) bond motifs is 2. The van der Waals surface area contributed by atoms with Crippen molar-refractivity contribution in [2.45, 2.75) is 29.9 Å². The third-order valence-corrected chi connectivity index (χ3v) is 8.07. The van der Waals surface area contributed by atoms with Gasteiger partial charge in [-0.2, -0.15) is 0 Å². The summed E-state index contributed by atoms with van der Waals surface area (Å²) < 4.78 is 10.9. The topological polar surface area (TPSA) is 109 Å². The number of nitrogens with zero attached hydrogens (tertiary/aromatic N) is 4. The van der Waals surface area contributed by atoms with Gasteiger partial charge in [-0.1, -0.05) is 0 Å². The molecule has 2 fully saturated rings. The minimum Gasteiger partial charge on any atom is -0.481 e. The van der Waals surface area contributed by atoms with Crippen LogP contribution in [0.15, 0.2) is 47.5 Å². The summed E-state index contributed by atoms with van der Waals surface area (Å²) in [6, 6.07) is 11.8. The summed E-state index contributed by atoms with van der Waals surface area (Å²) in [6.07, 6.45) is 3.18. The van der Waals surface area contributed by atoms with Gasteiger partial charge in [0, 0.05) is 48.5 Å². The van der Waals surface area contributed by atoms with E-state index in [0.717, 1.165) is 58.9 Å². The Morgan fingerprint density at radius 1 is 1.19 bits per heavy atom. The van der Waals surface area contributed by atoms with Crippen LogP contribution in [0.1, 0.15) is 12.8 Å². The highest BCUT2D eigenvalue weighted by Crippen LogP contribution is 2.35. The number of carbonyl (C=O) groups excluding carboxylic acids is 2. The zero-order valence-electron chi connectivity index (χ0n) is 20.5. The molecule has 0 radical (unpaired) electrons. The molecule has 3 aromatic rings. The third kappa shape index (κ3) is 4.88. The van der Waals surface area contributed by atoms with E-state index in [9.17, 15) is 9.59 Å². The maximum Gasteiger partial charge on any atom is 0.414 e. The first-order valence-corrected chi connectivity index (χ1v) is 13.4. The molecule has 1 unspecified atom stereocenters. The highest BCUT2D eigenvalue weighted by molar-refractivity contribution is 8.00. The van der Waals surface area contributed by atoms with Crippen molar-refractivity contribution in [3.05, 3.63) is 42.6 Å². The van der Waals surface area contributed by atoms with Crippen LogP contribution in [0.25, 0.3) is 11.0 Å². The van der Waals surface area contributed by atoms with Gasteiger partial charge in [-0.05, 0) is 43.2 Å². The first-order chi connectivity index (χ1) is 18.1. The van der Waals surface area contributed by atoms with Crippen molar-refractivity contribution in [3.63, 3.8) is 0 Å². The smallest absolute Gasteiger partial charge is 0.414 e. The number of hydrogen-bond donors (Lipinski definition) is 2. The van der Waals surface area contributed by atoms with Crippen molar-refractivity contribution in [1.82, 2.24) is 15.3 Å². The van der Waals surface area contributed by atoms with E-state index in [1.54, 1.807) is 12.0 Å². The van der Waals surface area contributed by atoms with Crippen molar-refractivity contribution in [2.75, 3.05) is 54.2 Å². The molecule has 0 spiro atoms. The number of hydrogen-bond acceptors (Lipinski definition) is 9. The van der Waals surface area contributed by atoms with Gasteiger partial charge in [-0.3, -0.25) is 14.7 Å². The molecule has 2 amide bonds. The molecule has 0 aliphatic carbocycles. The van der Waals surface area contributed by atoms with E-state index in [4.69, 9.17) is 9.47 Å². The molecule has 2 aromatic heterocycles. The number of methoxy groups -OCH3 is 1. The maximum absolute atomic E-state index is 12.6. The van der Waals surface area contributed by atoms with Crippen LogP contribution in [0.4, 0.5) is 21.9 Å². The molecule has 2 saturated heterocycles. The molecule has 0 saturated carbocycles. The molecule has 3 aliphatic heterocycles. The van der Waals surface area contributed by atoms with Crippen molar-refractivity contribution < 1.29 is 19.1 Å². The van der Waals surface area contributed by atoms with E-state index in [0.29, 0.717) is 30.8 Å². The summed E-state index contributed by atoms with van der Waals surface area (Å²) in [5, 5.41) is 6.48. The number of carbonyl (C=O) groups is 2. The molecule has 1 atom stereocenters. The van der Waals surface area contributed by atoms with E-state index in [-0.39, 0.29) is 18.1 Å². The number of aromatic nitrogens is 2. The maximum atomic E-state index is 12.6. The Hall–Kier alpha value is -3.57. The molecular weight excluding hydrogens is 492 g/mol. The zero-order valence-corrected chi connectivity index (χ0v) is 21.3. The Bertz CT molecular complexity index is 1350. The second-order valence-corrected chi connectivity index (χ2v) is 10.4. The molecule has 1 aromatic carbocycles. The Labute approximate surface area is 218 Å².